The molecule has 13 heteroatoms. The van der Waals surface area contributed by atoms with E-state index in [2.05, 4.69) is 10.5 Å². The molecule has 2 bridgehead atoms. The van der Waals surface area contributed by atoms with Crippen molar-refractivity contribution in [3.05, 3.63) is 69.4 Å². The minimum atomic E-state index is -4.16. The predicted molar refractivity (Wildman–Crippen MR) is 152 cm³/mol. The third kappa shape index (κ3) is 5.74. The van der Waals surface area contributed by atoms with E-state index < -0.39 is 21.8 Å². The quantitative estimate of drug-likeness (QED) is 0.307. The number of hydrogen-bond donors (Lipinski definition) is 2. The average Bonchev–Trinajstić information content (AvgIpc) is 3.43. The van der Waals surface area contributed by atoms with Crippen molar-refractivity contribution in [3.8, 4) is 11.3 Å². The van der Waals surface area contributed by atoms with Crippen molar-refractivity contribution in [1.29, 1.82) is 0 Å². The van der Waals surface area contributed by atoms with Gasteiger partial charge in [0, 0.05) is 40.9 Å². The number of piperidine rings is 1. The van der Waals surface area contributed by atoms with Crippen LogP contribution in [0.5, 0.6) is 0 Å². The number of carbonyl (C=O) groups excluding carboxylic acids is 2. The maximum absolute atomic E-state index is 13.4. The molecule has 2 heterocycles. The third-order valence-electron chi connectivity index (χ3n) is 7.86. The second-order valence-corrected chi connectivity index (χ2v) is 13.0. The molecule has 3 atom stereocenters. The molecule has 2 amide bonds. The molecule has 0 radical (unpaired) electrons. The molecule has 3 aromatic rings. The Morgan fingerprint density at radius 2 is 1.83 bits per heavy atom. The molecule has 0 spiro atoms. The predicted octanol–water partition coefficient (Wildman–Crippen LogP) is 4.85. The normalized spacial score (nSPS) is 22.0. The van der Waals surface area contributed by atoms with Gasteiger partial charge in [-0.25, -0.2) is 0 Å². The first kappa shape index (κ1) is 28.2. The summed E-state index contributed by atoms with van der Waals surface area (Å²) in [5.41, 5.74) is 2.99. The van der Waals surface area contributed by atoms with Crippen LogP contribution in [0.25, 0.3) is 11.3 Å². The van der Waals surface area contributed by atoms with Crippen LogP contribution in [0.1, 0.15) is 53.3 Å². The Balaban J connectivity index is 1.12. The van der Waals surface area contributed by atoms with E-state index in [4.69, 9.17) is 37.0 Å². The minimum Gasteiger partial charge on any atom is -0.372 e. The van der Waals surface area contributed by atoms with Crippen molar-refractivity contribution in [1.82, 2.24) is 10.5 Å². The van der Waals surface area contributed by atoms with Gasteiger partial charge >= 0.3 is 0 Å². The van der Waals surface area contributed by atoms with Crippen molar-refractivity contribution >= 4 is 50.8 Å². The van der Waals surface area contributed by atoms with Crippen molar-refractivity contribution in [2.75, 3.05) is 17.2 Å². The first-order valence-corrected chi connectivity index (χ1v) is 15.7. The number of aromatic nitrogens is 1. The molecule has 1 aromatic heterocycles. The van der Waals surface area contributed by atoms with Crippen LogP contribution >= 0.6 is 23.2 Å². The van der Waals surface area contributed by atoms with E-state index in [1.807, 2.05) is 0 Å². The van der Waals surface area contributed by atoms with Gasteiger partial charge in [-0.2, -0.15) is 8.42 Å². The molecule has 3 fully saturated rings. The zero-order valence-corrected chi connectivity index (χ0v) is 24.1. The first-order chi connectivity index (χ1) is 19.6. The molecule has 41 heavy (non-hydrogen) atoms. The number of ether oxygens (including phenoxy) is 1. The van der Waals surface area contributed by atoms with Crippen molar-refractivity contribution in [2.24, 2.45) is 5.92 Å². The molecule has 2 aromatic carbocycles. The van der Waals surface area contributed by atoms with Gasteiger partial charge in [-0.3, -0.25) is 14.1 Å². The van der Waals surface area contributed by atoms with E-state index in [0.717, 1.165) is 24.2 Å². The summed E-state index contributed by atoms with van der Waals surface area (Å²) in [6.07, 6.45) is 3.12. The van der Waals surface area contributed by atoms with Crippen LogP contribution in [0.2, 0.25) is 10.0 Å². The molecule has 216 valence electrons. The number of carbonyl (C=O) groups is 2. The fourth-order valence-electron chi connectivity index (χ4n) is 5.73. The van der Waals surface area contributed by atoms with Crippen LogP contribution in [-0.2, 0) is 26.3 Å². The van der Waals surface area contributed by atoms with Gasteiger partial charge in [-0.15, -0.1) is 0 Å². The highest BCUT2D eigenvalue weighted by atomic mass is 35.5. The molecule has 0 unspecified atom stereocenters. The summed E-state index contributed by atoms with van der Waals surface area (Å²) < 4.78 is 42.6. The highest BCUT2D eigenvalue weighted by molar-refractivity contribution is 7.85. The number of benzene rings is 2. The molecule has 10 nitrogen and oxygen atoms in total. The highest BCUT2D eigenvalue weighted by Gasteiger charge is 2.52. The van der Waals surface area contributed by atoms with Crippen molar-refractivity contribution < 1.29 is 31.8 Å². The third-order valence-corrected chi connectivity index (χ3v) is 9.21. The number of halogens is 2. The van der Waals surface area contributed by atoms with Crippen LogP contribution in [0.15, 0.2) is 47.0 Å². The molecule has 1 saturated heterocycles. The Kier molecular flexibility index (Phi) is 7.58. The topological polar surface area (TPSA) is 139 Å². The fourth-order valence-corrected chi connectivity index (χ4v) is 6.67. The molecule has 2 saturated carbocycles. The Morgan fingerprint density at radius 1 is 1.12 bits per heavy atom. The molecular formula is C28H27Cl2N3O7S. The second kappa shape index (κ2) is 11.0. The van der Waals surface area contributed by atoms with Crippen molar-refractivity contribution in [3.63, 3.8) is 0 Å². The second-order valence-electron chi connectivity index (χ2n) is 10.6. The van der Waals surface area contributed by atoms with Crippen LogP contribution in [0, 0.1) is 5.92 Å². The fraction of sp³-hybridized carbons (Fsp3) is 0.393. The average molecular weight is 621 g/mol. The van der Waals surface area contributed by atoms with Gasteiger partial charge in [0.25, 0.3) is 16.0 Å². The Morgan fingerprint density at radius 3 is 2.46 bits per heavy atom. The minimum absolute atomic E-state index is 0.0290. The zero-order valence-electron chi connectivity index (χ0n) is 21.8. The molecule has 3 aliphatic rings. The lowest BCUT2D eigenvalue weighted by Gasteiger charge is -2.31. The van der Waals surface area contributed by atoms with Gasteiger partial charge in [0.2, 0.25) is 5.91 Å². The van der Waals surface area contributed by atoms with E-state index in [-0.39, 0.29) is 37.1 Å². The van der Waals surface area contributed by atoms with E-state index in [1.54, 1.807) is 47.4 Å². The van der Waals surface area contributed by atoms with E-state index in [0.29, 0.717) is 51.3 Å². The maximum atomic E-state index is 13.4. The standard InChI is InChI=1S/C28H27Cl2N3O7S/c29-21-2-1-3-22(30)24(21)25-20(26(40-32-25)15-4-5-15)14-39-23-13-18-12-19(23)28(35)33(18)17-8-6-16(7-9-17)27(34)31-10-11-41(36,37)38/h1-3,6-9,15,18-19,23H,4-5,10-14H2,(H,31,34)(H,36,37,38)/t18-,19+,23+/m0/s1. The monoisotopic (exact) mass is 619 g/mol. The lowest BCUT2D eigenvalue weighted by atomic mass is 10.0. The lowest BCUT2D eigenvalue weighted by Crippen LogP contribution is -2.43. The Bertz CT molecular complexity index is 1580. The summed E-state index contributed by atoms with van der Waals surface area (Å²) >= 11 is 12.9. The summed E-state index contributed by atoms with van der Waals surface area (Å²) in [7, 11) is -4.16. The van der Waals surface area contributed by atoms with Gasteiger partial charge in [0.15, 0.2) is 0 Å². The van der Waals surface area contributed by atoms with E-state index >= 15 is 0 Å². The summed E-state index contributed by atoms with van der Waals surface area (Å²) in [6, 6.07) is 11.8. The van der Waals surface area contributed by atoms with Crippen LogP contribution in [0.4, 0.5) is 5.69 Å². The van der Waals surface area contributed by atoms with Gasteiger partial charge in [0.05, 0.1) is 34.4 Å². The summed E-state index contributed by atoms with van der Waals surface area (Å²) in [6.45, 7) is 0.0217. The number of fused-ring (bicyclic) bond motifs is 2. The molecular weight excluding hydrogens is 593 g/mol. The first-order valence-electron chi connectivity index (χ1n) is 13.3. The smallest absolute Gasteiger partial charge is 0.266 e. The summed E-state index contributed by atoms with van der Waals surface area (Å²) in [5, 5.41) is 7.70. The highest BCUT2D eigenvalue weighted by Crippen LogP contribution is 2.47. The summed E-state index contributed by atoms with van der Waals surface area (Å²) in [5.74, 6) is -0.284. The van der Waals surface area contributed by atoms with Gasteiger partial charge < -0.3 is 19.5 Å². The van der Waals surface area contributed by atoms with Gasteiger partial charge in [0.1, 0.15) is 11.5 Å². The van der Waals surface area contributed by atoms with E-state index in [1.165, 1.54) is 0 Å². The number of nitrogens with one attached hydrogen (secondary N) is 1. The van der Waals surface area contributed by atoms with Crippen LogP contribution in [0.3, 0.4) is 0 Å². The molecule has 6 rings (SSSR count). The van der Waals surface area contributed by atoms with Crippen LogP contribution in [-0.4, -0.2) is 54.4 Å². The summed E-state index contributed by atoms with van der Waals surface area (Å²) in [4.78, 5) is 27.4. The number of amides is 2. The molecule has 1 aliphatic heterocycles. The molecule has 2 N–H and O–H groups in total. The number of nitrogens with zero attached hydrogens (tertiary/aromatic N) is 2. The number of hydrogen-bond acceptors (Lipinski definition) is 7. The Labute approximate surface area is 246 Å². The number of rotatable bonds is 10. The SMILES string of the molecule is O=C(NCCS(=O)(=O)O)c1ccc(N2C(=O)[C@@H]3C[C@H]2C[C@H]3OCc2c(-c3c(Cl)cccc3Cl)noc2C2CC2)cc1. The van der Waals surface area contributed by atoms with Crippen LogP contribution < -0.4 is 10.2 Å². The van der Waals surface area contributed by atoms with Gasteiger partial charge in [-0.05, 0) is 62.1 Å². The molecule has 2 aliphatic carbocycles. The maximum Gasteiger partial charge on any atom is 0.266 e. The zero-order chi connectivity index (χ0) is 28.9. The number of anilines is 1. The largest absolute Gasteiger partial charge is 0.372 e. The van der Waals surface area contributed by atoms with E-state index in [9.17, 15) is 18.0 Å². The van der Waals surface area contributed by atoms with Gasteiger partial charge in [-0.1, -0.05) is 34.4 Å². The lowest BCUT2D eigenvalue weighted by molar-refractivity contribution is -0.126. The Hall–Kier alpha value is -2.96. The van der Waals surface area contributed by atoms with Crippen molar-refractivity contribution in [2.45, 2.75) is 50.4 Å².